The van der Waals surface area contributed by atoms with E-state index in [1.165, 1.54) is 0 Å². The molecular weight excluding hydrogens is 306 g/mol. The van der Waals surface area contributed by atoms with E-state index in [9.17, 15) is 4.79 Å². The van der Waals surface area contributed by atoms with Crippen LogP contribution in [0.5, 0.6) is 0 Å². The lowest BCUT2D eigenvalue weighted by Crippen LogP contribution is -2.57. The van der Waals surface area contributed by atoms with Crippen molar-refractivity contribution in [3.63, 3.8) is 0 Å². The van der Waals surface area contributed by atoms with E-state index >= 15 is 0 Å². The van der Waals surface area contributed by atoms with Crippen LogP contribution in [0.2, 0.25) is 0 Å². The van der Waals surface area contributed by atoms with Crippen LogP contribution in [-0.2, 0) is 18.8 Å². The Morgan fingerprint density at radius 2 is 1.92 bits per heavy atom. The van der Waals surface area contributed by atoms with Crippen molar-refractivity contribution in [2.24, 2.45) is 19.5 Å². The van der Waals surface area contributed by atoms with Crippen molar-refractivity contribution in [1.29, 1.82) is 0 Å². The molecule has 0 N–H and O–H groups in total. The Morgan fingerprint density at radius 1 is 1.25 bits per heavy atom. The molecule has 0 radical (unpaired) electrons. The molecule has 0 amide bonds. The van der Waals surface area contributed by atoms with Crippen LogP contribution in [0, 0.1) is 12.3 Å². The van der Waals surface area contributed by atoms with Crippen molar-refractivity contribution in [1.82, 2.24) is 19.3 Å². The predicted octanol–water partition coefficient (Wildman–Crippen LogP) is 1.62. The highest BCUT2D eigenvalue weighted by Crippen LogP contribution is 2.37. The third kappa shape index (κ3) is 2.42. The molecule has 0 bridgehead atoms. The minimum absolute atomic E-state index is 0.0150. The largest absolute Gasteiger partial charge is 0.371 e. The highest BCUT2D eigenvalue weighted by atomic mass is 16.5. The Morgan fingerprint density at radius 3 is 2.54 bits per heavy atom. The highest BCUT2D eigenvalue weighted by molar-refractivity contribution is 5.77. The van der Waals surface area contributed by atoms with E-state index in [0.717, 1.165) is 12.2 Å². The van der Waals surface area contributed by atoms with Crippen molar-refractivity contribution in [3.8, 4) is 0 Å². The van der Waals surface area contributed by atoms with Crippen LogP contribution in [0.25, 0.3) is 11.0 Å². The number of ether oxygens (including phenoxy) is 1. The summed E-state index contributed by atoms with van der Waals surface area (Å²) >= 11 is 0. The van der Waals surface area contributed by atoms with Crippen LogP contribution in [-0.4, -0.2) is 44.6 Å². The van der Waals surface area contributed by atoms with Crippen LogP contribution in [0.3, 0.4) is 0 Å². The van der Waals surface area contributed by atoms with Gasteiger partial charge < -0.3 is 9.64 Å². The van der Waals surface area contributed by atoms with E-state index < -0.39 is 0 Å². The molecule has 2 aromatic rings. The lowest BCUT2D eigenvalue weighted by atomic mass is 9.76. The maximum absolute atomic E-state index is 12.8. The number of anilines is 1. The second kappa shape index (κ2) is 5.31. The van der Waals surface area contributed by atoms with E-state index in [1.54, 1.807) is 23.3 Å². The quantitative estimate of drug-likeness (QED) is 0.793. The van der Waals surface area contributed by atoms with Crippen molar-refractivity contribution in [2.75, 3.05) is 24.6 Å². The number of aryl methyl sites for hydroxylation is 2. The molecule has 24 heavy (non-hydrogen) atoms. The first-order chi connectivity index (χ1) is 11.0. The standard InChI is InChI=1S/C17H27N5O2/c1-11-12-13(21(7)19-11)14(23)20(6)15(18-12)22-8-9-24-17(5,10-22)16(2,3)4/h8-10H2,1-7H3. The summed E-state index contributed by atoms with van der Waals surface area (Å²) in [7, 11) is 3.56. The Bertz CT molecular complexity index is 845. The van der Waals surface area contributed by atoms with Gasteiger partial charge >= 0.3 is 0 Å². The molecule has 1 atom stereocenters. The summed E-state index contributed by atoms with van der Waals surface area (Å²) in [5, 5.41) is 4.34. The van der Waals surface area contributed by atoms with Crippen molar-refractivity contribution < 1.29 is 4.74 Å². The van der Waals surface area contributed by atoms with Crippen molar-refractivity contribution in [2.45, 2.75) is 40.2 Å². The van der Waals surface area contributed by atoms with Crippen LogP contribution >= 0.6 is 0 Å². The summed E-state index contributed by atoms with van der Waals surface area (Å²) in [6.45, 7) is 12.6. The molecule has 132 valence electrons. The molecule has 1 aliphatic heterocycles. The maximum atomic E-state index is 12.8. The Balaban J connectivity index is 2.11. The molecule has 1 aliphatic rings. The number of morpholine rings is 1. The van der Waals surface area contributed by atoms with Gasteiger partial charge in [0, 0.05) is 20.6 Å². The molecule has 2 aromatic heterocycles. The van der Waals surface area contributed by atoms with Gasteiger partial charge in [-0.3, -0.25) is 14.0 Å². The minimum atomic E-state index is -0.304. The third-order valence-corrected chi connectivity index (χ3v) is 5.35. The highest BCUT2D eigenvalue weighted by Gasteiger charge is 2.43. The summed E-state index contributed by atoms with van der Waals surface area (Å²) in [6, 6.07) is 0. The molecule has 0 saturated carbocycles. The van der Waals surface area contributed by atoms with Gasteiger partial charge in [0.1, 0.15) is 5.52 Å². The average Bonchev–Trinajstić information content (AvgIpc) is 2.76. The number of hydrogen-bond donors (Lipinski definition) is 0. The Kier molecular flexibility index (Phi) is 3.75. The smallest absolute Gasteiger partial charge is 0.280 e. The number of rotatable bonds is 1. The summed E-state index contributed by atoms with van der Waals surface area (Å²) in [4.78, 5) is 19.7. The maximum Gasteiger partial charge on any atom is 0.280 e. The topological polar surface area (TPSA) is 65.2 Å². The molecule has 3 heterocycles. The Labute approximate surface area is 142 Å². The summed E-state index contributed by atoms with van der Waals surface area (Å²) in [5.74, 6) is 0.683. The summed E-state index contributed by atoms with van der Waals surface area (Å²) in [5.41, 5.74) is 1.62. The molecule has 1 fully saturated rings. The molecule has 7 heteroatoms. The number of nitrogens with zero attached hydrogens (tertiary/aromatic N) is 5. The fourth-order valence-electron chi connectivity index (χ4n) is 3.22. The molecule has 0 aromatic carbocycles. The first-order valence-electron chi connectivity index (χ1n) is 8.34. The van der Waals surface area contributed by atoms with Gasteiger partial charge in [-0.2, -0.15) is 5.10 Å². The number of fused-ring (bicyclic) bond motifs is 1. The van der Waals surface area contributed by atoms with Crippen molar-refractivity contribution in [3.05, 3.63) is 16.0 Å². The van der Waals surface area contributed by atoms with Gasteiger partial charge in [0.2, 0.25) is 5.95 Å². The van der Waals surface area contributed by atoms with Crippen LogP contribution in [0.4, 0.5) is 5.95 Å². The Hall–Kier alpha value is -1.89. The minimum Gasteiger partial charge on any atom is -0.371 e. The lowest BCUT2D eigenvalue weighted by molar-refractivity contribution is -0.111. The predicted molar refractivity (Wildman–Crippen MR) is 94.5 cm³/mol. The van der Waals surface area contributed by atoms with E-state index in [1.807, 2.05) is 6.92 Å². The van der Waals surface area contributed by atoms with Crippen LogP contribution < -0.4 is 10.5 Å². The fraction of sp³-hybridized carbons (Fsp3) is 0.706. The van der Waals surface area contributed by atoms with Gasteiger partial charge in [0.15, 0.2) is 5.52 Å². The monoisotopic (exact) mass is 333 g/mol. The molecule has 3 rings (SSSR count). The zero-order valence-corrected chi connectivity index (χ0v) is 15.7. The first kappa shape index (κ1) is 17.0. The zero-order valence-electron chi connectivity index (χ0n) is 15.7. The zero-order chi connectivity index (χ0) is 17.9. The summed E-state index contributed by atoms with van der Waals surface area (Å²) in [6.07, 6.45) is 0. The summed E-state index contributed by atoms with van der Waals surface area (Å²) < 4.78 is 9.33. The SMILES string of the molecule is Cc1nn(C)c2c(=O)n(C)c(N3CCOC(C)(C(C)(C)C)C3)nc12. The van der Waals surface area contributed by atoms with E-state index in [-0.39, 0.29) is 16.6 Å². The molecule has 0 spiro atoms. The molecular formula is C17H27N5O2. The van der Waals surface area contributed by atoms with E-state index in [2.05, 4.69) is 37.7 Å². The third-order valence-electron chi connectivity index (χ3n) is 5.35. The van der Waals surface area contributed by atoms with E-state index in [4.69, 9.17) is 9.72 Å². The average molecular weight is 333 g/mol. The van der Waals surface area contributed by atoms with Crippen molar-refractivity contribution >= 4 is 17.0 Å². The van der Waals surface area contributed by atoms with Gasteiger partial charge in [-0.15, -0.1) is 0 Å². The second-order valence-electron chi connectivity index (χ2n) is 7.93. The van der Waals surface area contributed by atoms with Gasteiger partial charge in [-0.05, 0) is 19.3 Å². The normalized spacial score (nSPS) is 22.4. The number of hydrogen-bond acceptors (Lipinski definition) is 5. The molecule has 0 aliphatic carbocycles. The fourth-order valence-corrected chi connectivity index (χ4v) is 3.22. The molecule has 7 nitrogen and oxygen atoms in total. The van der Waals surface area contributed by atoms with Gasteiger partial charge in [0.05, 0.1) is 24.4 Å². The van der Waals surface area contributed by atoms with Gasteiger partial charge in [-0.1, -0.05) is 20.8 Å². The molecule has 1 saturated heterocycles. The van der Waals surface area contributed by atoms with Gasteiger partial charge in [0.25, 0.3) is 5.56 Å². The van der Waals surface area contributed by atoms with Crippen LogP contribution in [0.15, 0.2) is 4.79 Å². The van der Waals surface area contributed by atoms with Gasteiger partial charge in [-0.25, -0.2) is 4.98 Å². The second-order valence-corrected chi connectivity index (χ2v) is 7.93. The van der Waals surface area contributed by atoms with Crippen LogP contribution in [0.1, 0.15) is 33.4 Å². The first-order valence-corrected chi connectivity index (χ1v) is 8.34. The number of aromatic nitrogens is 4. The van der Waals surface area contributed by atoms with E-state index in [0.29, 0.717) is 30.1 Å². The molecule has 1 unspecified atom stereocenters. The lowest BCUT2D eigenvalue weighted by Gasteiger charge is -2.48.